The summed E-state index contributed by atoms with van der Waals surface area (Å²) in [6.07, 6.45) is 3.61. The first-order valence-electron chi connectivity index (χ1n) is 7.49. The van der Waals surface area contributed by atoms with Crippen molar-refractivity contribution in [3.63, 3.8) is 0 Å². The summed E-state index contributed by atoms with van der Waals surface area (Å²) in [5, 5.41) is 0.306. The first-order chi connectivity index (χ1) is 11.8. The molecule has 0 aromatic carbocycles. The number of sulfonamides is 1. The van der Waals surface area contributed by atoms with Crippen LogP contribution < -0.4 is 4.72 Å². The van der Waals surface area contributed by atoms with Crippen LogP contribution in [0.25, 0.3) is 0 Å². The monoisotopic (exact) mass is 420 g/mol. The largest absolute Gasteiger partial charge is 0.462 e. The summed E-state index contributed by atoms with van der Waals surface area (Å²) in [4.78, 5) is 16.9. The molecule has 0 unspecified atom stereocenters. The lowest BCUT2D eigenvalue weighted by Crippen LogP contribution is -2.16. The van der Waals surface area contributed by atoms with Gasteiger partial charge in [-0.15, -0.1) is 11.3 Å². The molecule has 0 atom stereocenters. The van der Waals surface area contributed by atoms with Crippen molar-refractivity contribution in [1.29, 1.82) is 0 Å². The lowest BCUT2D eigenvalue weighted by Gasteiger charge is -2.10. The minimum Gasteiger partial charge on any atom is -0.462 e. The van der Waals surface area contributed by atoms with Gasteiger partial charge in [-0.1, -0.05) is 23.2 Å². The number of pyridine rings is 1. The number of nitrogens with one attached hydrogen (secondary N) is 1. The van der Waals surface area contributed by atoms with Gasteiger partial charge in [0.25, 0.3) is 10.0 Å². The fourth-order valence-electron chi connectivity index (χ4n) is 2.63. The van der Waals surface area contributed by atoms with Crippen molar-refractivity contribution in [2.24, 2.45) is 0 Å². The van der Waals surface area contributed by atoms with Gasteiger partial charge in [0.05, 0.1) is 17.2 Å². The molecule has 1 aliphatic carbocycles. The molecule has 2 heterocycles. The van der Waals surface area contributed by atoms with Gasteiger partial charge < -0.3 is 4.74 Å². The summed E-state index contributed by atoms with van der Waals surface area (Å²) >= 11 is 12.8. The molecule has 1 aliphatic rings. The van der Waals surface area contributed by atoms with Gasteiger partial charge in [0.15, 0.2) is 0 Å². The van der Waals surface area contributed by atoms with Crippen molar-refractivity contribution in [1.82, 2.24) is 4.98 Å². The minimum atomic E-state index is -3.96. The number of esters is 1. The molecule has 6 nitrogen and oxygen atoms in total. The first kappa shape index (κ1) is 18.4. The fourth-order valence-corrected chi connectivity index (χ4v) is 5.51. The van der Waals surface area contributed by atoms with Crippen LogP contribution in [0, 0.1) is 0 Å². The highest BCUT2D eigenvalue weighted by Gasteiger charge is 2.30. The third kappa shape index (κ3) is 3.62. The Hall–Kier alpha value is -1.35. The SMILES string of the molecule is CCOC(=O)c1c(NS(=O)(=O)c2cnc(Cl)c(Cl)c2)sc2c1CCC2. The number of thiophene rings is 1. The number of aromatic nitrogens is 1. The van der Waals surface area contributed by atoms with Crippen molar-refractivity contribution in [2.75, 3.05) is 11.3 Å². The smallest absolute Gasteiger partial charge is 0.341 e. The standard InChI is InChI=1S/C15H14Cl2N2O4S2/c1-2-23-15(20)12-9-4-3-5-11(9)24-14(12)19-25(21,22)8-6-10(16)13(17)18-7-8/h6-7,19H,2-5H2,1H3. The summed E-state index contributed by atoms with van der Waals surface area (Å²) < 4.78 is 32.8. The van der Waals surface area contributed by atoms with Crippen molar-refractivity contribution >= 4 is 55.5 Å². The molecular formula is C15H14Cl2N2O4S2. The van der Waals surface area contributed by atoms with Crippen molar-refractivity contribution in [2.45, 2.75) is 31.1 Å². The van der Waals surface area contributed by atoms with Crippen LogP contribution in [0.2, 0.25) is 10.2 Å². The molecule has 0 radical (unpaired) electrons. The zero-order chi connectivity index (χ0) is 18.2. The zero-order valence-corrected chi connectivity index (χ0v) is 16.3. The molecule has 3 rings (SSSR count). The van der Waals surface area contributed by atoms with Gasteiger partial charge in [-0.25, -0.2) is 18.2 Å². The van der Waals surface area contributed by atoms with Crippen LogP contribution in [0.4, 0.5) is 5.00 Å². The Morgan fingerprint density at radius 3 is 2.84 bits per heavy atom. The van der Waals surface area contributed by atoms with Gasteiger partial charge in [-0.05, 0) is 37.8 Å². The summed E-state index contributed by atoms with van der Waals surface area (Å²) in [6, 6.07) is 1.21. The molecule has 0 amide bonds. The van der Waals surface area contributed by atoms with Gasteiger partial charge in [0.2, 0.25) is 0 Å². The summed E-state index contributed by atoms with van der Waals surface area (Å²) in [5.74, 6) is -0.521. The van der Waals surface area contributed by atoms with E-state index in [1.54, 1.807) is 6.92 Å². The van der Waals surface area contributed by atoms with Gasteiger partial charge in [0.1, 0.15) is 15.0 Å². The predicted molar refractivity (Wildman–Crippen MR) is 97.4 cm³/mol. The van der Waals surface area contributed by atoms with Crippen molar-refractivity contribution in [3.8, 4) is 0 Å². The van der Waals surface area contributed by atoms with Crippen LogP contribution in [0.1, 0.15) is 34.1 Å². The molecule has 0 saturated heterocycles. The highest BCUT2D eigenvalue weighted by atomic mass is 35.5. The number of hydrogen-bond acceptors (Lipinski definition) is 6. The Morgan fingerprint density at radius 1 is 1.40 bits per heavy atom. The predicted octanol–water partition coefficient (Wildman–Crippen LogP) is 3.92. The van der Waals surface area contributed by atoms with E-state index in [0.717, 1.165) is 35.9 Å². The number of ether oxygens (including phenoxy) is 1. The first-order valence-corrected chi connectivity index (χ1v) is 10.5. The molecule has 0 bridgehead atoms. The second-order valence-electron chi connectivity index (χ2n) is 5.33. The molecule has 1 N–H and O–H groups in total. The Kier molecular flexibility index (Phi) is 5.24. The second-order valence-corrected chi connectivity index (χ2v) is 8.88. The molecule has 2 aromatic rings. The molecule has 0 spiro atoms. The molecule has 10 heteroatoms. The number of hydrogen-bond donors (Lipinski definition) is 1. The van der Waals surface area contributed by atoms with E-state index in [4.69, 9.17) is 27.9 Å². The average Bonchev–Trinajstić information content (AvgIpc) is 3.10. The number of aryl methyl sites for hydroxylation is 1. The van der Waals surface area contributed by atoms with Gasteiger partial charge in [-0.2, -0.15) is 0 Å². The minimum absolute atomic E-state index is 0.0166. The lowest BCUT2D eigenvalue weighted by molar-refractivity contribution is 0.0527. The Bertz CT molecular complexity index is 941. The van der Waals surface area contributed by atoms with Crippen LogP contribution in [-0.2, 0) is 27.6 Å². The van der Waals surface area contributed by atoms with E-state index in [0.29, 0.717) is 5.56 Å². The number of fused-ring (bicyclic) bond motifs is 1. The maximum absolute atomic E-state index is 12.6. The van der Waals surface area contributed by atoms with Crippen LogP contribution in [0.15, 0.2) is 17.2 Å². The van der Waals surface area contributed by atoms with Crippen LogP contribution in [0.3, 0.4) is 0 Å². The molecule has 0 fully saturated rings. The summed E-state index contributed by atoms with van der Waals surface area (Å²) in [7, 11) is -3.96. The summed E-state index contributed by atoms with van der Waals surface area (Å²) in [5.41, 5.74) is 1.17. The summed E-state index contributed by atoms with van der Waals surface area (Å²) in [6.45, 7) is 1.92. The average molecular weight is 421 g/mol. The highest BCUT2D eigenvalue weighted by molar-refractivity contribution is 7.93. The third-order valence-corrected chi connectivity index (χ3v) is 7.05. The van der Waals surface area contributed by atoms with Crippen molar-refractivity contribution in [3.05, 3.63) is 38.4 Å². The number of halogens is 2. The topological polar surface area (TPSA) is 85.4 Å². The van der Waals surface area contributed by atoms with Gasteiger partial charge >= 0.3 is 5.97 Å². The van der Waals surface area contributed by atoms with Gasteiger partial charge in [0, 0.05) is 11.1 Å². The Balaban J connectivity index is 1.99. The number of rotatable bonds is 5. The quantitative estimate of drug-likeness (QED) is 0.584. The molecule has 134 valence electrons. The third-order valence-electron chi connectivity index (χ3n) is 3.71. The van der Waals surface area contributed by atoms with E-state index < -0.39 is 16.0 Å². The Labute approximate surface area is 159 Å². The van der Waals surface area contributed by atoms with Gasteiger partial charge in [-0.3, -0.25) is 4.72 Å². The van der Waals surface area contributed by atoms with E-state index in [1.807, 2.05) is 0 Å². The number of anilines is 1. The zero-order valence-electron chi connectivity index (χ0n) is 13.1. The molecule has 0 saturated carbocycles. The van der Waals surface area contributed by atoms with Crippen molar-refractivity contribution < 1.29 is 17.9 Å². The maximum atomic E-state index is 12.6. The lowest BCUT2D eigenvalue weighted by atomic mass is 10.1. The van der Waals surface area contributed by atoms with E-state index in [-0.39, 0.29) is 26.7 Å². The molecule has 0 aliphatic heterocycles. The number of carbonyl (C=O) groups is 1. The van der Waals surface area contributed by atoms with E-state index in [1.165, 1.54) is 17.4 Å². The highest BCUT2D eigenvalue weighted by Crippen LogP contribution is 2.40. The number of nitrogens with zero attached hydrogens (tertiary/aromatic N) is 1. The van der Waals surface area contributed by atoms with E-state index >= 15 is 0 Å². The van der Waals surface area contributed by atoms with Crippen LogP contribution >= 0.6 is 34.5 Å². The molecule has 25 heavy (non-hydrogen) atoms. The van der Waals surface area contributed by atoms with Crippen LogP contribution in [-0.4, -0.2) is 26.0 Å². The normalized spacial score (nSPS) is 13.6. The Morgan fingerprint density at radius 2 is 2.16 bits per heavy atom. The maximum Gasteiger partial charge on any atom is 0.341 e. The van der Waals surface area contributed by atoms with E-state index in [9.17, 15) is 13.2 Å². The fraction of sp³-hybridized carbons (Fsp3) is 0.333. The van der Waals surface area contributed by atoms with Crippen LogP contribution in [0.5, 0.6) is 0 Å². The molecule has 2 aromatic heterocycles. The molecular weight excluding hydrogens is 407 g/mol. The number of carbonyl (C=O) groups excluding carboxylic acids is 1. The van der Waals surface area contributed by atoms with E-state index in [2.05, 4.69) is 9.71 Å². The second kappa shape index (κ2) is 7.11.